The maximum atomic E-state index is 12.5. The average molecular weight is 356 g/mol. The summed E-state index contributed by atoms with van der Waals surface area (Å²) in [5, 5.41) is 1.40. The van der Waals surface area contributed by atoms with E-state index in [4.69, 9.17) is 9.47 Å². The number of sulfone groups is 1. The maximum Gasteiger partial charge on any atom is 0.339 e. The van der Waals surface area contributed by atoms with Crippen LogP contribution in [0, 0.1) is 0 Å². The van der Waals surface area contributed by atoms with Crippen molar-refractivity contribution in [2.24, 2.45) is 0 Å². The Hall–Kier alpha value is -2.86. The first-order chi connectivity index (χ1) is 12.0. The third-order valence-corrected chi connectivity index (χ3v) is 5.17. The molecule has 128 valence electrons. The molecule has 0 bridgehead atoms. The van der Waals surface area contributed by atoms with E-state index < -0.39 is 21.7 Å². The summed E-state index contributed by atoms with van der Waals surface area (Å²) in [5.74, 6) is -0.910. The van der Waals surface area contributed by atoms with Crippen molar-refractivity contribution in [3.63, 3.8) is 0 Å². The van der Waals surface area contributed by atoms with Crippen LogP contribution in [0.15, 0.2) is 71.6 Å². The number of carbonyl (C=O) groups is 1. The molecule has 5 nitrogen and oxygen atoms in total. The lowest BCUT2D eigenvalue weighted by molar-refractivity contribution is 0.0573. The zero-order valence-electron chi connectivity index (χ0n) is 13.5. The third-order valence-electron chi connectivity index (χ3n) is 3.75. The highest BCUT2D eigenvalue weighted by Crippen LogP contribution is 2.29. The van der Waals surface area contributed by atoms with Crippen molar-refractivity contribution in [3.05, 3.63) is 72.3 Å². The number of rotatable bonds is 5. The molecule has 0 fully saturated rings. The normalized spacial score (nSPS) is 11.2. The molecule has 0 aliphatic rings. The highest BCUT2D eigenvalue weighted by molar-refractivity contribution is 7.91. The van der Waals surface area contributed by atoms with Gasteiger partial charge in [0, 0.05) is 5.39 Å². The largest absolute Gasteiger partial charge is 0.496 e. The van der Waals surface area contributed by atoms with Crippen LogP contribution in [0.3, 0.4) is 0 Å². The Bertz CT molecular complexity index is 1010. The van der Waals surface area contributed by atoms with Crippen LogP contribution in [-0.2, 0) is 14.6 Å². The zero-order valence-corrected chi connectivity index (χ0v) is 14.3. The van der Waals surface area contributed by atoms with Gasteiger partial charge in [0.05, 0.1) is 17.6 Å². The third kappa shape index (κ3) is 3.49. The van der Waals surface area contributed by atoms with Gasteiger partial charge in [-0.3, -0.25) is 0 Å². The first-order valence-electron chi connectivity index (χ1n) is 7.53. The number of hydrogen-bond acceptors (Lipinski definition) is 5. The number of benzene rings is 3. The van der Waals surface area contributed by atoms with Gasteiger partial charge in [-0.25, -0.2) is 13.2 Å². The molecular formula is C19H16O5S. The molecule has 0 saturated heterocycles. The van der Waals surface area contributed by atoms with Gasteiger partial charge >= 0.3 is 5.97 Å². The van der Waals surface area contributed by atoms with Gasteiger partial charge < -0.3 is 9.47 Å². The Morgan fingerprint density at radius 2 is 1.60 bits per heavy atom. The number of carbonyl (C=O) groups excluding carboxylic acids is 1. The van der Waals surface area contributed by atoms with Crippen molar-refractivity contribution in [2.45, 2.75) is 4.90 Å². The molecule has 3 aromatic rings. The van der Waals surface area contributed by atoms with Gasteiger partial charge in [0.1, 0.15) is 5.75 Å². The van der Waals surface area contributed by atoms with Gasteiger partial charge in [-0.15, -0.1) is 0 Å². The van der Waals surface area contributed by atoms with E-state index in [2.05, 4.69) is 0 Å². The molecule has 0 radical (unpaired) electrons. The number of methoxy groups -OCH3 is 1. The minimum Gasteiger partial charge on any atom is -0.496 e. The van der Waals surface area contributed by atoms with Gasteiger partial charge in [-0.1, -0.05) is 42.5 Å². The maximum absolute atomic E-state index is 12.5. The first kappa shape index (κ1) is 17.0. The lowest BCUT2D eigenvalue weighted by Gasteiger charge is -2.11. The molecule has 25 heavy (non-hydrogen) atoms. The molecule has 3 rings (SSSR count). The summed E-state index contributed by atoms with van der Waals surface area (Å²) in [6, 6.07) is 18.4. The minimum atomic E-state index is -3.71. The Morgan fingerprint density at radius 1 is 0.920 bits per heavy atom. The highest BCUT2D eigenvalue weighted by Gasteiger charge is 2.20. The molecule has 0 aliphatic carbocycles. The second-order valence-corrected chi connectivity index (χ2v) is 7.28. The quantitative estimate of drug-likeness (QED) is 0.655. The molecule has 0 saturated carbocycles. The first-order valence-corrected chi connectivity index (χ1v) is 9.19. The lowest BCUT2D eigenvalue weighted by atomic mass is 10.0. The predicted molar refractivity (Wildman–Crippen MR) is 94.4 cm³/mol. The monoisotopic (exact) mass is 356 g/mol. The fourth-order valence-electron chi connectivity index (χ4n) is 2.55. The smallest absolute Gasteiger partial charge is 0.339 e. The summed E-state index contributed by atoms with van der Waals surface area (Å²) < 4.78 is 34.9. The van der Waals surface area contributed by atoms with Crippen LogP contribution in [0.1, 0.15) is 10.4 Å². The second kappa shape index (κ2) is 6.94. The van der Waals surface area contributed by atoms with E-state index in [9.17, 15) is 13.2 Å². The van der Waals surface area contributed by atoms with Crippen LogP contribution in [0.25, 0.3) is 10.8 Å². The molecule has 0 aliphatic heterocycles. The molecule has 3 aromatic carbocycles. The number of fused-ring (bicyclic) bond motifs is 1. The van der Waals surface area contributed by atoms with Gasteiger partial charge in [0.25, 0.3) is 0 Å². The van der Waals surface area contributed by atoms with Crippen molar-refractivity contribution in [1.82, 2.24) is 0 Å². The molecule has 0 amide bonds. The van der Waals surface area contributed by atoms with Crippen LogP contribution < -0.4 is 4.74 Å². The number of hydrogen-bond donors (Lipinski definition) is 0. The van der Waals surface area contributed by atoms with Gasteiger partial charge in [0.15, 0.2) is 5.94 Å². The van der Waals surface area contributed by atoms with E-state index in [0.717, 1.165) is 5.39 Å². The summed E-state index contributed by atoms with van der Waals surface area (Å²) in [7, 11) is -2.20. The second-order valence-electron chi connectivity index (χ2n) is 5.34. The van der Waals surface area contributed by atoms with Crippen LogP contribution >= 0.6 is 0 Å². The standard InChI is InChI=1S/C19H16O5S/c1-23-17-12-6-8-14-7-5-11-16(18(14)17)19(20)24-13-25(21,22)15-9-3-2-4-10-15/h2-12H,13H2,1H3. The topological polar surface area (TPSA) is 69.7 Å². The molecule has 0 atom stereocenters. The number of ether oxygens (including phenoxy) is 2. The van der Waals surface area contributed by atoms with Crippen molar-refractivity contribution < 1.29 is 22.7 Å². The van der Waals surface area contributed by atoms with Crippen molar-refractivity contribution >= 4 is 26.6 Å². The van der Waals surface area contributed by atoms with E-state index in [1.807, 2.05) is 18.2 Å². The minimum absolute atomic E-state index is 0.110. The van der Waals surface area contributed by atoms with E-state index >= 15 is 0 Å². The van der Waals surface area contributed by atoms with Crippen molar-refractivity contribution in [2.75, 3.05) is 13.0 Å². The fourth-order valence-corrected chi connectivity index (χ4v) is 3.52. The molecule has 0 unspecified atom stereocenters. The molecule has 0 aromatic heterocycles. The molecule has 0 spiro atoms. The molecular weight excluding hydrogens is 340 g/mol. The van der Waals surface area contributed by atoms with Crippen LogP contribution in [-0.4, -0.2) is 27.4 Å². The molecule has 6 heteroatoms. The fraction of sp³-hybridized carbons (Fsp3) is 0.105. The summed E-state index contributed by atoms with van der Waals surface area (Å²) >= 11 is 0. The van der Waals surface area contributed by atoms with E-state index in [1.54, 1.807) is 36.4 Å². The van der Waals surface area contributed by atoms with Crippen LogP contribution in [0.5, 0.6) is 5.75 Å². The van der Waals surface area contributed by atoms with Gasteiger partial charge in [0.2, 0.25) is 9.84 Å². The van der Waals surface area contributed by atoms with Crippen molar-refractivity contribution in [1.29, 1.82) is 0 Å². The average Bonchev–Trinajstić information content (AvgIpc) is 2.66. The van der Waals surface area contributed by atoms with E-state index in [0.29, 0.717) is 11.1 Å². The van der Waals surface area contributed by atoms with Crippen molar-refractivity contribution in [3.8, 4) is 5.75 Å². The SMILES string of the molecule is COc1cccc2cccc(C(=O)OCS(=O)(=O)c3ccccc3)c12. The van der Waals surface area contributed by atoms with Crippen LogP contribution in [0.4, 0.5) is 0 Å². The van der Waals surface area contributed by atoms with Crippen LogP contribution in [0.2, 0.25) is 0 Å². The summed E-state index contributed by atoms with van der Waals surface area (Å²) in [6.07, 6.45) is 0. The summed E-state index contributed by atoms with van der Waals surface area (Å²) in [4.78, 5) is 12.6. The van der Waals surface area contributed by atoms with E-state index in [1.165, 1.54) is 19.2 Å². The van der Waals surface area contributed by atoms with E-state index in [-0.39, 0.29) is 10.5 Å². The number of esters is 1. The Morgan fingerprint density at radius 3 is 2.28 bits per heavy atom. The summed E-state index contributed by atoms with van der Waals surface area (Å²) in [5.41, 5.74) is 0.262. The predicted octanol–water partition coefficient (Wildman–Crippen LogP) is 3.44. The molecule has 0 N–H and O–H groups in total. The lowest BCUT2D eigenvalue weighted by Crippen LogP contribution is -2.15. The Kier molecular flexibility index (Phi) is 4.72. The Labute approximate surface area is 145 Å². The molecule has 0 heterocycles. The van der Waals surface area contributed by atoms with Gasteiger partial charge in [-0.2, -0.15) is 0 Å². The van der Waals surface area contributed by atoms with Gasteiger partial charge in [-0.05, 0) is 29.7 Å². The highest BCUT2D eigenvalue weighted by atomic mass is 32.2. The summed E-state index contributed by atoms with van der Waals surface area (Å²) in [6.45, 7) is 0. The Balaban J connectivity index is 1.89. The zero-order chi connectivity index (χ0) is 17.9.